The van der Waals surface area contributed by atoms with Gasteiger partial charge < -0.3 is 13.7 Å². The van der Waals surface area contributed by atoms with E-state index in [1.54, 1.807) is 0 Å². The predicted molar refractivity (Wildman–Crippen MR) is 376 cm³/mol. The monoisotopic (exact) mass is 1140 g/mol. The van der Waals surface area contributed by atoms with E-state index in [1.807, 2.05) is 0 Å². The van der Waals surface area contributed by atoms with Gasteiger partial charge in [0.1, 0.15) is 5.82 Å². The topological polar surface area (TPSA) is 45.5 Å². The highest BCUT2D eigenvalue weighted by atomic mass is 15.1. The van der Waals surface area contributed by atoms with Gasteiger partial charge in [-0.3, -0.25) is 4.57 Å². The Morgan fingerprint density at radius 2 is 0.500 bits per heavy atom. The van der Waals surface area contributed by atoms with Gasteiger partial charge in [-0.2, -0.15) is 0 Å². The van der Waals surface area contributed by atoms with Crippen molar-refractivity contribution in [3.8, 4) is 67.6 Å². The number of hydrogen-bond acceptors (Lipinski definition) is 2. The molecule has 0 saturated carbocycles. The number of rotatable bonds is 8. The van der Waals surface area contributed by atoms with Gasteiger partial charge in [0.05, 0.1) is 49.7 Å². The van der Waals surface area contributed by atoms with Crippen molar-refractivity contribution in [2.24, 2.45) is 0 Å². The second-order valence-electron chi connectivity index (χ2n) is 23.7. The maximum Gasteiger partial charge on any atom is 0.162 e. The van der Waals surface area contributed by atoms with Gasteiger partial charge in [-0.15, -0.1) is 0 Å². The van der Waals surface area contributed by atoms with E-state index in [2.05, 4.69) is 334 Å². The third kappa shape index (κ3) is 7.65. The SMILES string of the molecule is c1ccc(-n2c3ccccc3c3ccc(-c4ccc5c6ccccc6n(-c6ccc(-c7ccc(-c8nc(-n9c%10ccccc%10c%10ccc(-c%11ccc%12c%13ccccc%13n(-c%13ccccc%13)c%12c%11)cc%109)c9ccc%10ccccc%10c9n8)cc7)cc6)c5c4)cc32)cc1. The summed E-state index contributed by atoms with van der Waals surface area (Å²) in [7, 11) is 0. The van der Waals surface area contributed by atoms with Crippen LogP contribution in [-0.4, -0.2) is 28.2 Å². The fourth-order valence-electron chi connectivity index (χ4n) is 14.6. The van der Waals surface area contributed by atoms with Crippen LogP contribution >= 0.6 is 0 Å². The molecule has 0 aliphatic heterocycles. The predicted octanol–water partition coefficient (Wildman–Crippen LogP) is 21.8. The van der Waals surface area contributed by atoms with Crippen LogP contribution in [0.4, 0.5) is 0 Å². The van der Waals surface area contributed by atoms with Crippen molar-refractivity contribution in [3.05, 3.63) is 315 Å². The summed E-state index contributed by atoms with van der Waals surface area (Å²) in [6.07, 6.45) is 0. The lowest BCUT2D eigenvalue weighted by atomic mass is 10.0. The number of aromatic nitrogens is 6. The number of fused-ring (bicyclic) bond motifs is 15. The summed E-state index contributed by atoms with van der Waals surface area (Å²) in [4.78, 5) is 11.1. The molecule has 19 rings (SSSR count). The number of nitrogens with zero attached hydrogens (tertiary/aromatic N) is 6. The first-order valence-electron chi connectivity index (χ1n) is 30.8. The average Bonchev–Trinajstić information content (AvgIpc) is 1.17. The number of benzene rings is 14. The molecule has 14 aromatic carbocycles. The second-order valence-corrected chi connectivity index (χ2v) is 23.7. The summed E-state index contributed by atoms with van der Waals surface area (Å²) in [6, 6.07) is 115. The maximum absolute atomic E-state index is 5.63. The summed E-state index contributed by atoms with van der Waals surface area (Å²) in [5.74, 6) is 1.51. The molecule has 0 spiro atoms. The van der Waals surface area contributed by atoms with Crippen molar-refractivity contribution in [3.63, 3.8) is 0 Å². The first-order valence-corrected chi connectivity index (χ1v) is 30.8. The molecule has 0 aliphatic rings. The van der Waals surface area contributed by atoms with Gasteiger partial charge in [0, 0.05) is 76.5 Å². The van der Waals surface area contributed by atoms with Gasteiger partial charge in [0.2, 0.25) is 0 Å². The molecule has 5 heterocycles. The van der Waals surface area contributed by atoms with E-state index in [9.17, 15) is 0 Å². The average molecular weight is 1150 g/mol. The Kier molecular flexibility index (Phi) is 11.0. The minimum Gasteiger partial charge on any atom is -0.309 e. The molecule has 0 fully saturated rings. The number of hydrogen-bond donors (Lipinski definition) is 0. The standard InChI is InChI=1S/C84H52N6/c1-3-18-61(19-4-1)87-74-27-13-9-23-65(74)69-44-38-57(49-78(69)87)58-39-46-71-67-25-11-15-29-76(67)89(80(71)51-58)63-42-35-54(36-43-63)53-31-33-56(34-32-53)83-85-82-64-22-8-7-17-55(64)37-48-73(82)84(86-83)90-77-30-16-12-26-68(77)72-47-41-60(52-81(72)90)59-40-45-70-66-24-10-14-28-75(66)88(79(70)50-59)62-20-5-2-6-21-62/h1-52H. The molecule has 0 atom stereocenters. The Morgan fingerprint density at radius 1 is 0.189 bits per heavy atom. The second kappa shape index (κ2) is 19.7. The van der Waals surface area contributed by atoms with Gasteiger partial charge in [-0.1, -0.05) is 224 Å². The fourth-order valence-corrected chi connectivity index (χ4v) is 14.6. The largest absolute Gasteiger partial charge is 0.309 e. The molecule has 0 aliphatic carbocycles. The van der Waals surface area contributed by atoms with E-state index in [0.29, 0.717) is 5.82 Å². The van der Waals surface area contributed by atoms with Crippen molar-refractivity contribution >= 4 is 109 Å². The smallest absolute Gasteiger partial charge is 0.162 e. The highest BCUT2D eigenvalue weighted by molar-refractivity contribution is 6.16. The van der Waals surface area contributed by atoms with E-state index < -0.39 is 0 Å². The van der Waals surface area contributed by atoms with Crippen LogP contribution < -0.4 is 0 Å². The van der Waals surface area contributed by atoms with Gasteiger partial charge in [-0.25, -0.2) is 9.97 Å². The van der Waals surface area contributed by atoms with Gasteiger partial charge >= 0.3 is 0 Å². The molecule has 0 radical (unpaired) electrons. The van der Waals surface area contributed by atoms with E-state index in [-0.39, 0.29) is 0 Å². The third-order valence-electron chi connectivity index (χ3n) is 18.8. The molecule has 6 heteroatoms. The molecule has 0 saturated heterocycles. The van der Waals surface area contributed by atoms with E-state index >= 15 is 0 Å². The number of para-hydroxylation sites is 6. The third-order valence-corrected chi connectivity index (χ3v) is 18.8. The quantitative estimate of drug-likeness (QED) is 0.142. The minimum atomic E-state index is 0.668. The fraction of sp³-hybridized carbons (Fsp3) is 0. The normalized spacial score (nSPS) is 12.0. The van der Waals surface area contributed by atoms with Crippen LogP contribution in [0, 0.1) is 0 Å². The highest BCUT2D eigenvalue weighted by Gasteiger charge is 2.22. The lowest BCUT2D eigenvalue weighted by Gasteiger charge is -2.15. The van der Waals surface area contributed by atoms with Crippen LogP contribution in [0.3, 0.4) is 0 Å². The Balaban J connectivity index is 0.706. The van der Waals surface area contributed by atoms with Crippen LogP contribution in [0.1, 0.15) is 0 Å². The van der Waals surface area contributed by atoms with E-state index in [0.717, 1.165) is 83.4 Å². The van der Waals surface area contributed by atoms with Crippen molar-refractivity contribution in [2.75, 3.05) is 0 Å². The van der Waals surface area contributed by atoms with Crippen molar-refractivity contribution < 1.29 is 0 Å². The molecular weight excluding hydrogens is 1090 g/mol. The molecular formula is C84H52N6. The molecule has 19 aromatic rings. The highest BCUT2D eigenvalue weighted by Crippen LogP contribution is 2.43. The Bertz CT molecular complexity index is 6120. The lowest BCUT2D eigenvalue weighted by Crippen LogP contribution is -2.03. The molecule has 0 unspecified atom stereocenters. The zero-order valence-corrected chi connectivity index (χ0v) is 48.7. The molecule has 6 nitrogen and oxygen atoms in total. The maximum atomic E-state index is 5.63. The van der Waals surface area contributed by atoms with Gasteiger partial charge in [-0.05, 0) is 130 Å². The minimum absolute atomic E-state index is 0.668. The Labute approximate surface area is 517 Å². The first-order chi connectivity index (χ1) is 44.6. The molecule has 5 aromatic heterocycles. The summed E-state index contributed by atoms with van der Waals surface area (Å²) < 4.78 is 9.57. The molecule has 90 heavy (non-hydrogen) atoms. The molecule has 0 amide bonds. The van der Waals surface area contributed by atoms with Crippen LogP contribution in [-0.2, 0) is 0 Å². The van der Waals surface area contributed by atoms with Crippen LogP contribution in [0.5, 0.6) is 0 Å². The summed E-state index contributed by atoms with van der Waals surface area (Å²) in [5, 5.41) is 13.0. The summed E-state index contributed by atoms with van der Waals surface area (Å²) >= 11 is 0. The lowest BCUT2D eigenvalue weighted by molar-refractivity contribution is 1.08. The van der Waals surface area contributed by atoms with Gasteiger partial charge in [0.25, 0.3) is 0 Å². The van der Waals surface area contributed by atoms with Crippen molar-refractivity contribution in [1.82, 2.24) is 28.2 Å². The van der Waals surface area contributed by atoms with Gasteiger partial charge in [0.15, 0.2) is 5.82 Å². The van der Waals surface area contributed by atoms with Crippen LogP contribution in [0.2, 0.25) is 0 Å². The zero-order chi connectivity index (χ0) is 59.0. The molecule has 0 bridgehead atoms. The first kappa shape index (κ1) is 50.1. The molecule has 0 N–H and O–H groups in total. The Morgan fingerprint density at radius 3 is 0.944 bits per heavy atom. The van der Waals surface area contributed by atoms with E-state index in [1.165, 1.54) is 87.3 Å². The van der Waals surface area contributed by atoms with Crippen LogP contribution in [0.25, 0.3) is 177 Å². The van der Waals surface area contributed by atoms with Crippen LogP contribution in [0.15, 0.2) is 315 Å². The summed E-state index contributed by atoms with van der Waals surface area (Å²) in [5.41, 5.74) is 21.4. The Hall–Kier alpha value is -12.1. The molecule has 418 valence electrons. The van der Waals surface area contributed by atoms with Crippen molar-refractivity contribution in [1.29, 1.82) is 0 Å². The van der Waals surface area contributed by atoms with Crippen molar-refractivity contribution in [2.45, 2.75) is 0 Å². The summed E-state index contributed by atoms with van der Waals surface area (Å²) in [6.45, 7) is 0. The van der Waals surface area contributed by atoms with E-state index in [4.69, 9.17) is 9.97 Å². The zero-order valence-electron chi connectivity index (χ0n) is 48.7.